The van der Waals surface area contributed by atoms with E-state index in [0.29, 0.717) is 0 Å². The zero-order valence-electron chi connectivity index (χ0n) is 11.1. The van der Waals surface area contributed by atoms with Crippen LogP contribution < -0.4 is 5.32 Å². The molecule has 0 bridgehead atoms. The Morgan fingerprint density at radius 1 is 1.00 bits per heavy atom. The smallest absolute Gasteiger partial charge is 0.145 e. The van der Waals surface area contributed by atoms with Gasteiger partial charge in [0.2, 0.25) is 0 Å². The van der Waals surface area contributed by atoms with E-state index < -0.39 is 0 Å². The van der Waals surface area contributed by atoms with Gasteiger partial charge in [-0.2, -0.15) is 10.5 Å². The van der Waals surface area contributed by atoms with Crippen molar-refractivity contribution < 1.29 is 0 Å². The molecule has 2 aromatic carbocycles. The van der Waals surface area contributed by atoms with E-state index in [9.17, 15) is 0 Å². The first kappa shape index (κ1) is 13.4. The molecule has 0 aliphatic carbocycles. The second kappa shape index (κ2) is 6.22. The van der Waals surface area contributed by atoms with E-state index >= 15 is 0 Å². The molecule has 0 saturated heterocycles. The van der Waals surface area contributed by atoms with Gasteiger partial charge in [0.05, 0.1) is 0 Å². The molecule has 1 N–H and O–H groups in total. The fourth-order valence-electron chi connectivity index (χ4n) is 1.88. The molecule has 0 aromatic heterocycles. The number of allylic oxidation sites excluding steroid dienone is 1. The van der Waals surface area contributed by atoms with Crippen LogP contribution >= 0.6 is 0 Å². The van der Waals surface area contributed by atoms with Crippen LogP contribution in [0.1, 0.15) is 5.56 Å². The van der Waals surface area contributed by atoms with E-state index in [4.69, 9.17) is 10.5 Å². The number of nitrogens with one attached hydrogen (secondary N) is 1. The van der Waals surface area contributed by atoms with Gasteiger partial charge in [-0.15, -0.1) is 0 Å². The summed E-state index contributed by atoms with van der Waals surface area (Å²) >= 11 is 0. The van der Waals surface area contributed by atoms with Crippen LogP contribution in [0, 0.1) is 29.6 Å². The maximum Gasteiger partial charge on any atom is 0.145 e. The molecule has 0 unspecified atom stereocenters. The molecule has 0 fully saturated rings. The molecule has 0 amide bonds. The van der Waals surface area contributed by atoms with Crippen LogP contribution in [-0.4, -0.2) is 0 Å². The van der Waals surface area contributed by atoms with E-state index in [1.54, 1.807) is 0 Å². The Bertz CT molecular complexity index is 700. The molecule has 20 heavy (non-hydrogen) atoms. The Balaban J connectivity index is 2.26. The molecule has 2 aromatic rings. The Morgan fingerprint density at radius 2 is 1.70 bits per heavy atom. The molecule has 0 saturated carbocycles. The average molecular weight is 259 g/mol. The van der Waals surface area contributed by atoms with E-state index in [2.05, 4.69) is 23.5 Å². The number of anilines is 1. The van der Waals surface area contributed by atoms with Gasteiger partial charge in [-0.25, -0.2) is 0 Å². The lowest BCUT2D eigenvalue weighted by Crippen LogP contribution is -1.93. The third-order valence-corrected chi connectivity index (χ3v) is 2.95. The SMILES string of the molecule is Cc1cc(-c2ccccc2)ccc1NC=C(C#N)C#N. The predicted molar refractivity (Wildman–Crippen MR) is 79.5 cm³/mol. The number of benzene rings is 2. The lowest BCUT2D eigenvalue weighted by Gasteiger charge is -2.08. The summed E-state index contributed by atoms with van der Waals surface area (Å²) in [6.45, 7) is 1.99. The van der Waals surface area contributed by atoms with Crippen molar-refractivity contribution in [1.29, 1.82) is 10.5 Å². The molecule has 0 heterocycles. The Labute approximate surface area is 118 Å². The van der Waals surface area contributed by atoms with Crippen LogP contribution in [-0.2, 0) is 0 Å². The third-order valence-electron chi connectivity index (χ3n) is 2.95. The minimum absolute atomic E-state index is 0.0523. The molecule has 2 rings (SSSR count). The van der Waals surface area contributed by atoms with Crippen molar-refractivity contribution in [3.63, 3.8) is 0 Å². The summed E-state index contributed by atoms with van der Waals surface area (Å²) in [4.78, 5) is 0. The highest BCUT2D eigenvalue weighted by molar-refractivity contribution is 5.69. The highest BCUT2D eigenvalue weighted by Gasteiger charge is 2.01. The summed E-state index contributed by atoms with van der Waals surface area (Å²) < 4.78 is 0. The van der Waals surface area contributed by atoms with Crippen molar-refractivity contribution in [2.45, 2.75) is 6.92 Å². The first-order chi connectivity index (χ1) is 9.74. The average Bonchev–Trinajstić information content (AvgIpc) is 2.50. The standard InChI is InChI=1S/C17H13N3/c1-13-9-16(15-5-3-2-4-6-15)7-8-17(13)20-12-14(10-18)11-19/h2-9,12,20H,1H3. The molecule has 3 heteroatoms. The van der Waals surface area contributed by atoms with Crippen LogP contribution in [0.3, 0.4) is 0 Å². The summed E-state index contributed by atoms with van der Waals surface area (Å²) in [6.07, 6.45) is 1.42. The van der Waals surface area contributed by atoms with E-state index in [-0.39, 0.29) is 5.57 Å². The fourth-order valence-corrected chi connectivity index (χ4v) is 1.88. The van der Waals surface area contributed by atoms with Gasteiger partial charge in [-0.1, -0.05) is 36.4 Å². The predicted octanol–water partition coefficient (Wildman–Crippen LogP) is 4.00. The molecule has 0 radical (unpaired) electrons. The quantitative estimate of drug-likeness (QED) is 0.847. The molecule has 0 atom stereocenters. The third kappa shape index (κ3) is 3.04. The molecular formula is C17H13N3. The molecular weight excluding hydrogens is 246 g/mol. The summed E-state index contributed by atoms with van der Waals surface area (Å²) in [7, 11) is 0. The zero-order valence-corrected chi connectivity index (χ0v) is 11.1. The van der Waals surface area contributed by atoms with Crippen molar-refractivity contribution in [2.75, 3.05) is 5.32 Å². The van der Waals surface area contributed by atoms with Gasteiger partial charge in [0.25, 0.3) is 0 Å². The second-order valence-electron chi connectivity index (χ2n) is 4.32. The van der Waals surface area contributed by atoms with Crippen molar-refractivity contribution >= 4 is 5.69 Å². The van der Waals surface area contributed by atoms with Crippen LogP contribution in [0.2, 0.25) is 0 Å². The van der Waals surface area contributed by atoms with Crippen LogP contribution in [0.4, 0.5) is 5.69 Å². The second-order valence-corrected chi connectivity index (χ2v) is 4.32. The number of aryl methyl sites for hydroxylation is 1. The van der Waals surface area contributed by atoms with E-state index in [0.717, 1.165) is 22.4 Å². The van der Waals surface area contributed by atoms with Crippen molar-refractivity contribution in [3.8, 4) is 23.3 Å². The van der Waals surface area contributed by atoms with Gasteiger partial charge < -0.3 is 5.32 Å². The summed E-state index contributed by atoms with van der Waals surface area (Å²) in [5.74, 6) is 0. The minimum atomic E-state index is 0.0523. The number of nitrogens with zero attached hydrogens (tertiary/aromatic N) is 2. The zero-order chi connectivity index (χ0) is 14.4. The summed E-state index contributed by atoms with van der Waals surface area (Å²) in [6, 6.07) is 19.8. The van der Waals surface area contributed by atoms with Crippen LogP contribution in [0.25, 0.3) is 11.1 Å². The minimum Gasteiger partial charge on any atom is -0.360 e. The summed E-state index contributed by atoms with van der Waals surface area (Å²) in [5, 5.41) is 20.4. The maximum absolute atomic E-state index is 8.69. The normalized spacial score (nSPS) is 9.15. The van der Waals surface area contributed by atoms with Gasteiger partial charge in [0, 0.05) is 11.9 Å². The number of nitriles is 2. The number of hydrogen-bond donors (Lipinski definition) is 1. The topological polar surface area (TPSA) is 59.6 Å². The van der Waals surface area contributed by atoms with Crippen molar-refractivity contribution in [1.82, 2.24) is 0 Å². The van der Waals surface area contributed by atoms with Gasteiger partial charge in [0.15, 0.2) is 0 Å². The maximum atomic E-state index is 8.69. The Morgan fingerprint density at radius 3 is 2.30 bits per heavy atom. The Hall–Kier alpha value is -3.04. The van der Waals surface area contributed by atoms with Gasteiger partial charge in [-0.05, 0) is 35.7 Å². The molecule has 0 aliphatic heterocycles. The number of rotatable bonds is 3. The largest absolute Gasteiger partial charge is 0.360 e. The monoisotopic (exact) mass is 259 g/mol. The van der Waals surface area contributed by atoms with E-state index in [1.807, 2.05) is 49.4 Å². The molecule has 0 spiro atoms. The van der Waals surface area contributed by atoms with Gasteiger partial charge in [0.1, 0.15) is 17.7 Å². The van der Waals surface area contributed by atoms with Gasteiger partial charge >= 0.3 is 0 Å². The lowest BCUT2D eigenvalue weighted by atomic mass is 10.0. The van der Waals surface area contributed by atoms with Crippen molar-refractivity contribution in [3.05, 3.63) is 65.9 Å². The molecule has 0 aliphatic rings. The van der Waals surface area contributed by atoms with Gasteiger partial charge in [-0.3, -0.25) is 0 Å². The fraction of sp³-hybridized carbons (Fsp3) is 0.0588. The van der Waals surface area contributed by atoms with E-state index in [1.165, 1.54) is 6.20 Å². The number of hydrogen-bond acceptors (Lipinski definition) is 3. The highest BCUT2D eigenvalue weighted by Crippen LogP contribution is 2.24. The summed E-state index contributed by atoms with van der Waals surface area (Å²) in [5.41, 5.74) is 4.29. The highest BCUT2D eigenvalue weighted by atomic mass is 14.8. The van der Waals surface area contributed by atoms with Crippen LogP contribution in [0.5, 0.6) is 0 Å². The Kier molecular flexibility index (Phi) is 4.17. The lowest BCUT2D eigenvalue weighted by molar-refractivity contribution is 1.41. The first-order valence-corrected chi connectivity index (χ1v) is 6.17. The van der Waals surface area contributed by atoms with Crippen molar-refractivity contribution in [2.24, 2.45) is 0 Å². The molecule has 96 valence electrons. The first-order valence-electron chi connectivity index (χ1n) is 6.17. The molecule has 3 nitrogen and oxygen atoms in total. The van der Waals surface area contributed by atoms with Crippen LogP contribution in [0.15, 0.2) is 60.3 Å².